The molecule has 0 aliphatic carbocycles. The van der Waals surface area contributed by atoms with Gasteiger partial charge in [0.05, 0.1) is 6.20 Å². The molecule has 1 heterocycles. The highest BCUT2D eigenvalue weighted by atomic mass is 15.3. The monoisotopic (exact) mass is 285 g/mol. The van der Waals surface area contributed by atoms with Crippen LogP contribution < -0.4 is 10.2 Å². The molecule has 0 aliphatic rings. The van der Waals surface area contributed by atoms with Crippen LogP contribution in [-0.4, -0.2) is 28.8 Å². The topological polar surface area (TPSA) is 53.9 Å². The third-order valence-electron chi connectivity index (χ3n) is 3.40. The summed E-state index contributed by atoms with van der Waals surface area (Å²) in [6.45, 7) is 5.25. The minimum atomic E-state index is 0.655. The summed E-state index contributed by atoms with van der Waals surface area (Å²) in [6.07, 6.45) is 4.91. The van der Waals surface area contributed by atoms with E-state index in [2.05, 4.69) is 46.5 Å². The molecule has 0 saturated heterocycles. The van der Waals surface area contributed by atoms with Gasteiger partial charge in [0.1, 0.15) is 0 Å². The number of anilines is 3. The molecule has 21 heavy (non-hydrogen) atoms. The first-order valence-corrected chi connectivity index (χ1v) is 7.50. The van der Waals surface area contributed by atoms with Gasteiger partial charge >= 0.3 is 0 Å². The number of hydrogen-bond donors (Lipinski definition) is 1. The van der Waals surface area contributed by atoms with Crippen molar-refractivity contribution in [1.29, 1.82) is 0 Å². The Morgan fingerprint density at radius 1 is 1.19 bits per heavy atom. The Kier molecular flexibility index (Phi) is 5.49. The molecule has 1 aromatic heterocycles. The number of nitrogens with zero attached hydrogens (tertiary/aromatic N) is 4. The van der Waals surface area contributed by atoms with Crippen molar-refractivity contribution in [2.24, 2.45) is 0 Å². The molecule has 0 bridgehead atoms. The Morgan fingerprint density at radius 2 is 2.00 bits per heavy atom. The second-order valence-corrected chi connectivity index (χ2v) is 5.05. The summed E-state index contributed by atoms with van der Waals surface area (Å²) in [4.78, 5) is 6.57. The second kappa shape index (κ2) is 7.57. The van der Waals surface area contributed by atoms with Gasteiger partial charge in [0.15, 0.2) is 5.82 Å². The molecule has 2 aromatic rings. The van der Waals surface area contributed by atoms with E-state index in [-0.39, 0.29) is 0 Å². The lowest BCUT2D eigenvalue weighted by Crippen LogP contribution is -2.21. The summed E-state index contributed by atoms with van der Waals surface area (Å²) < 4.78 is 0. The Balaban J connectivity index is 2.14. The highest BCUT2D eigenvalue weighted by molar-refractivity contribution is 5.60. The van der Waals surface area contributed by atoms with Crippen molar-refractivity contribution in [2.45, 2.75) is 33.1 Å². The van der Waals surface area contributed by atoms with E-state index in [0.29, 0.717) is 5.95 Å². The SMILES string of the molecule is CCCCN(C)c1nncc(Nc2ccccc2CC)n1. The standard InChI is InChI=1S/C16H23N5/c1-4-6-11-21(3)16-19-15(12-17-20-16)18-14-10-8-7-9-13(14)5-2/h7-10,12H,4-6,11H2,1-3H3,(H,18,19,20). The maximum atomic E-state index is 4.54. The zero-order valence-corrected chi connectivity index (χ0v) is 13.0. The van der Waals surface area contributed by atoms with Gasteiger partial charge in [0.2, 0.25) is 5.95 Å². The molecule has 0 unspecified atom stereocenters. The van der Waals surface area contributed by atoms with E-state index in [1.807, 2.05) is 24.1 Å². The van der Waals surface area contributed by atoms with E-state index in [1.54, 1.807) is 6.20 Å². The van der Waals surface area contributed by atoms with Crippen LogP contribution in [0.25, 0.3) is 0 Å². The number of nitrogens with one attached hydrogen (secondary N) is 1. The van der Waals surface area contributed by atoms with Crippen LogP contribution in [-0.2, 0) is 6.42 Å². The van der Waals surface area contributed by atoms with Crippen molar-refractivity contribution in [2.75, 3.05) is 23.8 Å². The summed E-state index contributed by atoms with van der Waals surface area (Å²) >= 11 is 0. The van der Waals surface area contributed by atoms with Gasteiger partial charge in [-0.25, -0.2) is 0 Å². The molecule has 0 amide bonds. The molecule has 0 radical (unpaired) electrons. The summed E-state index contributed by atoms with van der Waals surface area (Å²) in [5.41, 5.74) is 2.33. The van der Waals surface area contributed by atoms with Crippen LogP contribution in [0, 0.1) is 0 Å². The fourth-order valence-electron chi connectivity index (χ4n) is 2.10. The molecule has 5 nitrogen and oxygen atoms in total. The predicted octanol–water partition coefficient (Wildman–Crippen LogP) is 3.41. The summed E-state index contributed by atoms with van der Waals surface area (Å²) in [6, 6.07) is 8.24. The molecular weight excluding hydrogens is 262 g/mol. The van der Waals surface area contributed by atoms with Crippen LogP contribution in [0.2, 0.25) is 0 Å². The number of hydrogen-bond acceptors (Lipinski definition) is 5. The molecule has 1 N–H and O–H groups in total. The lowest BCUT2D eigenvalue weighted by Gasteiger charge is -2.16. The van der Waals surface area contributed by atoms with Gasteiger partial charge in [-0.2, -0.15) is 10.1 Å². The molecule has 5 heteroatoms. The highest BCUT2D eigenvalue weighted by Gasteiger charge is 2.07. The Bertz CT molecular complexity index is 570. The molecule has 0 spiro atoms. The molecule has 0 saturated carbocycles. The van der Waals surface area contributed by atoms with Crippen LogP contribution >= 0.6 is 0 Å². The van der Waals surface area contributed by atoms with Gasteiger partial charge in [-0.05, 0) is 24.5 Å². The Labute approximate surface area is 126 Å². The van der Waals surface area contributed by atoms with Crippen LogP contribution in [0.4, 0.5) is 17.5 Å². The number of benzene rings is 1. The number of para-hydroxylation sites is 1. The van der Waals surface area contributed by atoms with Crippen molar-refractivity contribution in [1.82, 2.24) is 15.2 Å². The number of rotatable bonds is 7. The second-order valence-electron chi connectivity index (χ2n) is 5.05. The van der Waals surface area contributed by atoms with Crippen molar-refractivity contribution < 1.29 is 0 Å². The fraction of sp³-hybridized carbons (Fsp3) is 0.438. The average Bonchev–Trinajstić information content (AvgIpc) is 2.53. The molecule has 0 atom stereocenters. The van der Waals surface area contributed by atoms with E-state index < -0.39 is 0 Å². The largest absolute Gasteiger partial charge is 0.343 e. The zero-order chi connectivity index (χ0) is 15.1. The molecule has 2 rings (SSSR count). The fourth-order valence-corrected chi connectivity index (χ4v) is 2.10. The first-order chi connectivity index (χ1) is 10.2. The van der Waals surface area contributed by atoms with Crippen molar-refractivity contribution >= 4 is 17.5 Å². The normalized spacial score (nSPS) is 10.4. The summed E-state index contributed by atoms with van der Waals surface area (Å²) in [5, 5.41) is 11.5. The first-order valence-electron chi connectivity index (χ1n) is 7.50. The van der Waals surface area contributed by atoms with Crippen LogP contribution in [0.5, 0.6) is 0 Å². The van der Waals surface area contributed by atoms with E-state index in [0.717, 1.165) is 37.3 Å². The zero-order valence-electron chi connectivity index (χ0n) is 13.0. The van der Waals surface area contributed by atoms with Gasteiger partial charge in [-0.15, -0.1) is 5.10 Å². The highest BCUT2D eigenvalue weighted by Crippen LogP contribution is 2.20. The van der Waals surface area contributed by atoms with Crippen molar-refractivity contribution in [3.05, 3.63) is 36.0 Å². The molecular formula is C16H23N5. The smallest absolute Gasteiger partial charge is 0.247 e. The summed E-state index contributed by atoms with van der Waals surface area (Å²) in [7, 11) is 2.00. The van der Waals surface area contributed by atoms with E-state index in [4.69, 9.17) is 0 Å². The van der Waals surface area contributed by atoms with Gasteiger partial charge in [-0.1, -0.05) is 38.5 Å². The van der Waals surface area contributed by atoms with Gasteiger partial charge in [0.25, 0.3) is 0 Å². The Morgan fingerprint density at radius 3 is 2.76 bits per heavy atom. The third-order valence-corrected chi connectivity index (χ3v) is 3.40. The summed E-state index contributed by atoms with van der Waals surface area (Å²) in [5.74, 6) is 1.38. The average molecular weight is 285 g/mol. The number of unbranched alkanes of at least 4 members (excludes halogenated alkanes) is 1. The van der Waals surface area contributed by atoms with E-state index in [9.17, 15) is 0 Å². The minimum Gasteiger partial charge on any atom is -0.343 e. The number of aromatic nitrogens is 3. The minimum absolute atomic E-state index is 0.655. The van der Waals surface area contributed by atoms with Crippen LogP contribution in [0.1, 0.15) is 32.3 Å². The molecule has 0 aliphatic heterocycles. The maximum Gasteiger partial charge on any atom is 0.247 e. The van der Waals surface area contributed by atoms with Gasteiger partial charge in [-0.3, -0.25) is 0 Å². The van der Waals surface area contributed by atoms with Crippen LogP contribution in [0.15, 0.2) is 30.5 Å². The quantitative estimate of drug-likeness (QED) is 0.845. The van der Waals surface area contributed by atoms with E-state index >= 15 is 0 Å². The van der Waals surface area contributed by atoms with Gasteiger partial charge in [0, 0.05) is 19.3 Å². The van der Waals surface area contributed by atoms with Crippen molar-refractivity contribution in [3.8, 4) is 0 Å². The van der Waals surface area contributed by atoms with E-state index in [1.165, 1.54) is 5.56 Å². The lowest BCUT2D eigenvalue weighted by atomic mass is 10.1. The van der Waals surface area contributed by atoms with Gasteiger partial charge < -0.3 is 10.2 Å². The third kappa shape index (κ3) is 4.15. The number of aryl methyl sites for hydroxylation is 1. The maximum absolute atomic E-state index is 4.54. The van der Waals surface area contributed by atoms with Crippen LogP contribution in [0.3, 0.4) is 0 Å². The molecule has 1 aromatic carbocycles. The van der Waals surface area contributed by atoms with Crippen molar-refractivity contribution in [3.63, 3.8) is 0 Å². The molecule has 0 fully saturated rings. The first kappa shape index (κ1) is 15.2. The lowest BCUT2D eigenvalue weighted by molar-refractivity contribution is 0.741. The molecule has 112 valence electrons. The predicted molar refractivity (Wildman–Crippen MR) is 87.1 cm³/mol. The Hall–Kier alpha value is -2.17.